The molecule has 1 aromatic heterocycles. The molecule has 19 heavy (non-hydrogen) atoms. The number of nitrogens with zero attached hydrogens (tertiary/aromatic N) is 2. The maximum absolute atomic E-state index is 6.43. The molecule has 1 aliphatic carbocycles. The molecule has 3 nitrogen and oxygen atoms in total. The second-order valence-corrected chi connectivity index (χ2v) is 6.37. The first-order valence-corrected chi connectivity index (χ1v) is 7.84. The third-order valence-electron chi connectivity index (χ3n) is 4.47. The van der Waals surface area contributed by atoms with E-state index in [9.17, 15) is 0 Å². The van der Waals surface area contributed by atoms with Gasteiger partial charge in [0.15, 0.2) is 0 Å². The van der Waals surface area contributed by atoms with E-state index in [4.69, 9.17) is 11.6 Å². The summed E-state index contributed by atoms with van der Waals surface area (Å²) in [6, 6.07) is 0. The summed E-state index contributed by atoms with van der Waals surface area (Å²) in [6.07, 6.45) is 7.74. The van der Waals surface area contributed by atoms with Crippen molar-refractivity contribution in [2.45, 2.75) is 52.4 Å². The maximum Gasteiger partial charge on any atom is 0.0847 e. The van der Waals surface area contributed by atoms with Crippen LogP contribution in [0.25, 0.3) is 0 Å². The molecule has 1 fully saturated rings. The Hall–Kier alpha value is -0.540. The van der Waals surface area contributed by atoms with Crippen LogP contribution in [0.5, 0.6) is 0 Å². The Morgan fingerprint density at radius 1 is 1.32 bits per heavy atom. The van der Waals surface area contributed by atoms with Crippen LogP contribution in [0.2, 0.25) is 5.02 Å². The van der Waals surface area contributed by atoms with Gasteiger partial charge in [0.05, 0.1) is 16.4 Å². The number of nitrogens with one attached hydrogen (secondary N) is 1. The van der Waals surface area contributed by atoms with Gasteiger partial charge in [0, 0.05) is 13.6 Å². The van der Waals surface area contributed by atoms with Crippen molar-refractivity contribution in [3.05, 3.63) is 16.4 Å². The number of hydrogen-bond acceptors (Lipinski definition) is 2. The zero-order valence-corrected chi connectivity index (χ0v) is 13.2. The van der Waals surface area contributed by atoms with Crippen LogP contribution in [0.4, 0.5) is 0 Å². The Morgan fingerprint density at radius 2 is 2.00 bits per heavy atom. The van der Waals surface area contributed by atoms with Crippen LogP contribution in [-0.2, 0) is 13.5 Å². The van der Waals surface area contributed by atoms with Crippen molar-refractivity contribution in [3.8, 4) is 0 Å². The first-order valence-electron chi connectivity index (χ1n) is 7.47. The topological polar surface area (TPSA) is 29.9 Å². The minimum Gasteiger partial charge on any atom is -0.316 e. The molecule has 0 spiro atoms. The van der Waals surface area contributed by atoms with Gasteiger partial charge in [0.1, 0.15) is 0 Å². The lowest BCUT2D eigenvalue weighted by Crippen LogP contribution is -2.38. The van der Waals surface area contributed by atoms with Crippen LogP contribution in [0, 0.1) is 12.3 Å². The van der Waals surface area contributed by atoms with E-state index in [-0.39, 0.29) is 0 Å². The summed E-state index contributed by atoms with van der Waals surface area (Å²) >= 11 is 6.43. The van der Waals surface area contributed by atoms with Gasteiger partial charge in [-0.25, -0.2) is 0 Å². The van der Waals surface area contributed by atoms with Gasteiger partial charge in [-0.1, -0.05) is 37.8 Å². The molecule has 2 rings (SSSR count). The van der Waals surface area contributed by atoms with Crippen molar-refractivity contribution in [3.63, 3.8) is 0 Å². The van der Waals surface area contributed by atoms with Crippen molar-refractivity contribution in [1.82, 2.24) is 15.1 Å². The second-order valence-electron chi connectivity index (χ2n) is 5.99. The number of hydrogen-bond donors (Lipinski definition) is 1. The minimum absolute atomic E-state index is 0.373. The Morgan fingerprint density at radius 3 is 2.53 bits per heavy atom. The summed E-state index contributed by atoms with van der Waals surface area (Å²) < 4.78 is 1.97. The predicted octanol–water partition coefficient (Wildman–Crippen LogP) is 3.48. The molecule has 1 heterocycles. The van der Waals surface area contributed by atoms with Gasteiger partial charge in [0.25, 0.3) is 0 Å². The number of aryl methyl sites for hydroxylation is 2. The standard InChI is InChI=1S/C15H26ClN3/c1-4-17-11-15(8-6-5-7-9-15)10-13-14(16)12(2)18-19(13)3/h17H,4-11H2,1-3H3. The fourth-order valence-corrected chi connectivity index (χ4v) is 3.56. The Bertz CT molecular complexity index is 419. The Labute approximate surface area is 121 Å². The van der Waals surface area contributed by atoms with Crippen LogP contribution in [-0.4, -0.2) is 22.9 Å². The van der Waals surface area contributed by atoms with Gasteiger partial charge in [0.2, 0.25) is 0 Å². The summed E-state index contributed by atoms with van der Waals surface area (Å²) in [7, 11) is 2.01. The molecule has 1 aromatic rings. The van der Waals surface area contributed by atoms with Crippen molar-refractivity contribution in [2.75, 3.05) is 13.1 Å². The molecule has 0 amide bonds. The van der Waals surface area contributed by atoms with Crippen molar-refractivity contribution < 1.29 is 0 Å². The summed E-state index contributed by atoms with van der Waals surface area (Å²) in [5.41, 5.74) is 2.53. The van der Waals surface area contributed by atoms with Crippen LogP contribution in [0.3, 0.4) is 0 Å². The highest BCUT2D eigenvalue weighted by atomic mass is 35.5. The lowest BCUT2D eigenvalue weighted by atomic mass is 9.71. The van der Waals surface area contributed by atoms with Crippen molar-refractivity contribution in [1.29, 1.82) is 0 Å². The van der Waals surface area contributed by atoms with E-state index in [0.29, 0.717) is 5.41 Å². The Balaban J connectivity index is 2.19. The normalized spacial score (nSPS) is 18.7. The number of rotatable bonds is 5. The first-order chi connectivity index (χ1) is 9.08. The van der Waals surface area contributed by atoms with Crippen molar-refractivity contribution >= 4 is 11.6 Å². The predicted molar refractivity (Wildman–Crippen MR) is 80.7 cm³/mol. The maximum atomic E-state index is 6.43. The summed E-state index contributed by atoms with van der Waals surface area (Å²) in [4.78, 5) is 0. The minimum atomic E-state index is 0.373. The van der Waals surface area contributed by atoms with Gasteiger partial charge < -0.3 is 5.32 Å². The third-order valence-corrected chi connectivity index (χ3v) is 4.96. The fraction of sp³-hybridized carbons (Fsp3) is 0.800. The lowest BCUT2D eigenvalue weighted by molar-refractivity contribution is 0.178. The first kappa shape index (κ1) is 14.9. The molecule has 1 saturated carbocycles. The highest BCUT2D eigenvalue weighted by Crippen LogP contribution is 2.40. The lowest BCUT2D eigenvalue weighted by Gasteiger charge is -2.37. The molecule has 0 aliphatic heterocycles. The monoisotopic (exact) mass is 283 g/mol. The van der Waals surface area contributed by atoms with E-state index in [0.717, 1.165) is 30.2 Å². The molecule has 1 N–H and O–H groups in total. The molecule has 0 aromatic carbocycles. The summed E-state index contributed by atoms with van der Waals surface area (Å²) in [5, 5.41) is 8.87. The van der Waals surface area contributed by atoms with E-state index in [1.54, 1.807) is 0 Å². The molecule has 108 valence electrons. The van der Waals surface area contributed by atoms with E-state index >= 15 is 0 Å². The van der Waals surface area contributed by atoms with E-state index in [1.165, 1.54) is 37.8 Å². The number of halogens is 1. The Kier molecular flexibility index (Phi) is 4.91. The van der Waals surface area contributed by atoms with E-state index in [2.05, 4.69) is 17.3 Å². The fourth-order valence-electron chi connectivity index (χ4n) is 3.34. The zero-order valence-electron chi connectivity index (χ0n) is 12.4. The second kappa shape index (κ2) is 6.27. The number of aromatic nitrogens is 2. The molecule has 0 unspecified atom stereocenters. The summed E-state index contributed by atoms with van der Waals surface area (Å²) in [5.74, 6) is 0. The highest BCUT2D eigenvalue weighted by Gasteiger charge is 2.33. The summed E-state index contributed by atoms with van der Waals surface area (Å²) in [6.45, 7) is 6.31. The molecule has 0 saturated heterocycles. The SMILES string of the molecule is CCNCC1(Cc2c(Cl)c(C)nn2C)CCCCC1. The molecular formula is C15H26ClN3. The molecule has 0 atom stereocenters. The van der Waals surface area contributed by atoms with Crippen LogP contribution >= 0.6 is 11.6 Å². The molecule has 0 radical (unpaired) electrons. The van der Waals surface area contributed by atoms with Crippen LogP contribution in [0.15, 0.2) is 0 Å². The average molecular weight is 284 g/mol. The average Bonchev–Trinajstić information content (AvgIpc) is 2.64. The van der Waals surface area contributed by atoms with Gasteiger partial charge in [-0.2, -0.15) is 5.10 Å². The van der Waals surface area contributed by atoms with Crippen molar-refractivity contribution in [2.24, 2.45) is 12.5 Å². The van der Waals surface area contributed by atoms with Gasteiger partial charge in [-0.3, -0.25) is 4.68 Å². The molecule has 4 heteroatoms. The third kappa shape index (κ3) is 3.32. The quantitative estimate of drug-likeness (QED) is 0.896. The zero-order chi connectivity index (χ0) is 13.9. The van der Waals surface area contributed by atoms with Gasteiger partial charge in [-0.15, -0.1) is 0 Å². The largest absolute Gasteiger partial charge is 0.316 e. The van der Waals surface area contributed by atoms with Gasteiger partial charge >= 0.3 is 0 Å². The van der Waals surface area contributed by atoms with E-state index in [1.807, 2.05) is 18.7 Å². The molecular weight excluding hydrogens is 258 g/mol. The smallest absolute Gasteiger partial charge is 0.0847 e. The van der Waals surface area contributed by atoms with Crippen LogP contribution < -0.4 is 5.32 Å². The van der Waals surface area contributed by atoms with Crippen LogP contribution in [0.1, 0.15) is 50.4 Å². The van der Waals surface area contributed by atoms with Gasteiger partial charge in [-0.05, 0) is 38.1 Å². The van der Waals surface area contributed by atoms with E-state index < -0.39 is 0 Å². The highest BCUT2D eigenvalue weighted by molar-refractivity contribution is 6.31. The molecule has 1 aliphatic rings. The molecule has 0 bridgehead atoms.